The van der Waals surface area contributed by atoms with Crippen LogP contribution < -0.4 is 9.80 Å². The molecule has 0 saturated heterocycles. The molecule has 96 heavy (non-hydrogen) atoms. The van der Waals surface area contributed by atoms with Crippen LogP contribution in [-0.4, -0.2) is 13.3 Å². The maximum Gasteiger partial charge on any atom is 0.0562 e. The molecule has 4 aliphatic heterocycles. The van der Waals surface area contributed by atoms with E-state index in [9.17, 15) is 0 Å². The Morgan fingerprint density at radius 3 is 1.26 bits per heavy atom. The van der Waals surface area contributed by atoms with Crippen molar-refractivity contribution >= 4 is 86.8 Å². The number of hydrogen-bond acceptors (Lipinski definition) is 3. The molecule has 6 heteroatoms. The Morgan fingerprint density at radius 1 is 0.271 bits per heavy atom. The molecule has 5 nitrogen and oxygen atoms in total. The molecule has 0 amide bonds. The fraction of sp³-hybridized carbons (Fsp3) is 0.0667. The third-order valence-electron chi connectivity index (χ3n) is 22.0. The number of aromatic nitrogens is 2. The van der Waals surface area contributed by atoms with E-state index >= 15 is 4.21 Å². The van der Waals surface area contributed by atoms with E-state index in [4.69, 9.17) is 0 Å². The molecule has 0 radical (unpaired) electrons. The SMILES string of the molecule is CC1(C)c2ccccc2N(c2ccccc2-c2cccc3c2-c2ccccc2S32(=O)c3ccccc3-c3c(-c4ccccc4N4c5ccccc5C(C)(C)c5c4ccc4c5c5ccccc5n4-c4ccccc4)cccc32)c2cc3c(cc21)c1ccccc1n3-c1ccccc1. The zero-order valence-electron chi connectivity index (χ0n) is 53.6. The highest BCUT2D eigenvalue weighted by molar-refractivity contribution is 8.21. The molecule has 20 rings (SSSR count). The van der Waals surface area contributed by atoms with Crippen molar-refractivity contribution in [3.8, 4) is 55.9 Å². The van der Waals surface area contributed by atoms with Gasteiger partial charge in [-0.2, -0.15) is 0 Å². The molecular formula is C90H64N4OS. The fourth-order valence-electron chi connectivity index (χ4n) is 18.0. The van der Waals surface area contributed by atoms with Crippen molar-refractivity contribution in [1.29, 1.82) is 0 Å². The van der Waals surface area contributed by atoms with Gasteiger partial charge in [-0.15, -0.1) is 0 Å². The summed E-state index contributed by atoms with van der Waals surface area (Å²) in [7, 11) is -4.46. The number of anilines is 6. The summed E-state index contributed by atoms with van der Waals surface area (Å²) >= 11 is 0. The van der Waals surface area contributed by atoms with E-state index in [2.05, 4.69) is 362 Å². The van der Waals surface area contributed by atoms with Crippen LogP contribution >= 0.6 is 0 Å². The first kappa shape index (κ1) is 54.9. The lowest BCUT2D eigenvalue weighted by atomic mass is 9.72. The predicted molar refractivity (Wildman–Crippen MR) is 398 cm³/mol. The van der Waals surface area contributed by atoms with Crippen molar-refractivity contribution in [1.82, 2.24) is 9.13 Å². The lowest BCUT2D eigenvalue weighted by Gasteiger charge is -2.43. The van der Waals surface area contributed by atoms with Crippen LogP contribution in [0.25, 0.3) is 99.5 Å². The number of benzene rings is 14. The Kier molecular flexibility index (Phi) is 11.2. The highest BCUT2D eigenvalue weighted by atomic mass is 32.3. The van der Waals surface area contributed by atoms with Gasteiger partial charge in [-0.05, 0) is 154 Å². The summed E-state index contributed by atoms with van der Waals surface area (Å²) in [6.07, 6.45) is 0. The quantitative estimate of drug-likeness (QED) is 0.166. The van der Waals surface area contributed by atoms with E-state index < -0.39 is 9.07 Å². The lowest BCUT2D eigenvalue weighted by Crippen LogP contribution is -2.31. The minimum absolute atomic E-state index is 0.347. The van der Waals surface area contributed by atoms with Gasteiger partial charge in [0, 0.05) is 94.7 Å². The Balaban J connectivity index is 0.808. The average molecular weight is 1250 g/mol. The van der Waals surface area contributed by atoms with Crippen LogP contribution in [0.15, 0.2) is 335 Å². The molecule has 456 valence electrons. The molecule has 0 atom stereocenters. The number of nitrogens with zero attached hydrogens (tertiary/aromatic N) is 4. The van der Waals surface area contributed by atoms with Crippen LogP contribution in [0.2, 0.25) is 0 Å². The molecule has 6 heterocycles. The van der Waals surface area contributed by atoms with Gasteiger partial charge in [-0.1, -0.05) is 234 Å². The molecule has 0 bridgehead atoms. The van der Waals surface area contributed by atoms with E-state index in [1.54, 1.807) is 0 Å². The Bertz CT molecular complexity index is 6130. The number of rotatable bonds is 6. The number of para-hydroxylation sites is 8. The van der Waals surface area contributed by atoms with Gasteiger partial charge < -0.3 is 18.9 Å². The van der Waals surface area contributed by atoms with Crippen molar-refractivity contribution in [2.45, 2.75) is 58.1 Å². The molecule has 0 saturated carbocycles. The predicted octanol–water partition coefficient (Wildman–Crippen LogP) is 23.8. The minimum Gasteiger partial charge on any atom is -0.309 e. The van der Waals surface area contributed by atoms with Crippen LogP contribution in [0.4, 0.5) is 34.1 Å². The molecule has 0 aliphatic carbocycles. The third kappa shape index (κ3) is 6.90. The van der Waals surface area contributed by atoms with E-state index in [1.165, 1.54) is 60.3 Å². The topological polar surface area (TPSA) is 33.4 Å². The molecule has 14 aromatic carbocycles. The molecule has 0 unspecified atom stereocenters. The zero-order chi connectivity index (χ0) is 64.0. The molecule has 0 fully saturated rings. The van der Waals surface area contributed by atoms with Gasteiger partial charge in [-0.25, -0.2) is 0 Å². The number of hydrogen-bond donors (Lipinski definition) is 0. The Labute approximate surface area is 558 Å². The van der Waals surface area contributed by atoms with Crippen LogP contribution in [0.1, 0.15) is 49.9 Å². The second kappa shape index (κ2) is 19.5. The highest BCUT2D eigenvalue weighted by Gasteiger charge is 2.59. The maximum absolute atomic E-state index is 19.1. The molecule has 16 aromatic rings. The van der Waals surface area contributed by atoms with Crippen molar-refractivity contribution in [3.63, 3.8) is 0 Å². The largest absolute Gasteiger partial charge is 0.309 e. The van der Waals surface area contributed by atoms with Gasteiger partial charge in [0.15, 0.2) is 0 Å². The van der Waals surface area contributed by atoms with Gasteiger partial charge in [-0.3, -0.25) is 4.21 Å². The Morgan fingerprint density at radius 2 is 0.688 bits per heavy atom. The van der Waals surface area contributed by atoms with Crippen molar-refractivity contribution in [2.75, 3.05) is 9.80 Å². The maximum atomic E-state index is 19.1. The van der Waals surface area contributed by atoms with Crippen molar-refractivity contribution < 1.29 is 4.21 Å². The fourth-order valence-corrected chi connectivity index (χ4v) is 23.1. The molecule has 2 aromatic heterocycles. The summed E-state index contributed by atoms with van der Waals surface area (Å²) in [5, 5.41) is 4.92. The molecule has 4 aliphatic rings. The van der Waals surface area contributed by atoms with Crippen LogP contribution in [0.5, 0.6) is 0 Å². The summed E-state index contributed by atoms with van der Waals surface area (Å²) in [6.45, 7) is 9.56. The van der Waals surface area contributed by atoms with Gasteiger partial charge in [0.1, 0.15) is 0 Å². The van der Waals surface area contributed by atoms with Gasteiger partial charge in [0.2, 0.25) is 0 Å². The first-order chi connectivity index (χ1) is 47.0. The van der Waals surface area contributed by atoms with Gasteiger partial charge in [0.05, 0.1) is 56.2 Å². The van der Waals surface area contributed by atoms with Crippen LogP contribution in [-0.2, 0) is 19.9 Å². The molecular weight excluding hydrogens is 1190 g/mol. The van der Waals surface area contributed by atoms with Gasteiger partial charge >= 0.3 is 0 Å². The second-order valence-corrected chi connectivity index (χ2v) is 31.1. The van der Waals surface area contributed by atoms with Crippen molar-refractivity contribution in [2.24, 2.45) is 0 Å². The second-order valence-electron chi connectivity index (χ2n) is 27.4. The summed E-state index contributed by atoms with van der Waals surface area (Å²) in [5.41, 5.74) is 26.0. The van der Waals surface area contributed by atoms with Crippen molar-refractivity contribution in [3.05, 3.63) is 338 Å². The Hall–Kier alpha value is -11.6. The van der Waals surface area contributed by atoms with Crippen LogP contribution in [0, 0.1) is 0 Å². The smallest absolute Gasteiger partial charge is 0.0562 e. The third-order valence-corrected chi connectivity index (χ3v) is 26.7. The molecule has 0 N–H and O–H groups in total. The minimum atomic E-state index is -4.46. The van der Waals surface area contributed by atoms with Gasteiger partial charge in [0.25, 0.3) is 0 Å². The van der Waals surface area contributed by atoms with E-state index in [0.717, 1.165) is 115 Å². The first-order valence-electron chi connectivity index (χ1n) is 33.4. The van der Waals surface area contributed by atoms with Crippen LogP contribution in [0.3, 0.4) is 0 Å². The van der Waals surface area contributed by atoms with E-state index in [-0.39, 0.29) is 10.8 Å². The summed E-state index contributed by atoms with van der Waals surface area (Å²) < 4.78 is 23.9. The average Bonchev–Trinajstić information content (AvgIpc) is 1.46. The summed E-state index contributed by atoms with van der Waals surface area (Å²) in [5.74, 6) is 0. The molecule has 1 spiro atoms. The van der Waals surface area contributed by atoms with E-state index in [0.29, 0.717) is 0 Å². The van der Waals surface area contributed by atoms with E-state index in [1.807, 2.05) is 0 Å². The number of fused-ring (bicyclic) bond motifs is 21. The lowest BCUT2D eigenvalue weighted by molar-refractivity contribution is 0.633. The standard InChI is InChI=1S/C90H64N4OS/c1-89(2)68-41-17-23-47-75(68)94(80-56-79-67(55-70(80)89)61-35-13-19-43-71(61)92(79)58-31-9-6-10-32-58)73-45-21-12-34-60(73)63-40-28-52-84-86(63)66-38-16-26-50-82(66)96(84,95)81-49-25-15-37-65(81)85-62(39-27-51-83(85)96)59-33-11-20-44-72(59)93-76-48-24-18-42-69(76)90(3,4)88-78(93)54-53-77-87(88)64-36-14-22-46-74(64)91(77)57-29-7-5-8-30-57/h5-56H,1-4H3. The first-order valence-corrected chi connectivity index (χ1v) is 35.4. The normalized spacial score (nSPS) is 15.7. The summed E-state index contributed by atoms with van der Waals surface area (Å²) in [6, 6.07) is 115. The highest BCUT2D eigenvalue weighted by Crippen LogP contribution is 2.73. The monoisotopic (exact) mass is 1250 g/mol. The zero-order valence-corrected chi connectivity index (χ0v) is 54.4. The summed E-state index contributed by atoms with van der Waals surface area (Å²) in [4.78, 5) is 8.41.